The fourth-order valence-corrected chi connectivity index (χ4v) is 1.88. The van der Waals surface area contributed by atoms with Gasteiger partial charge in [0.2, 0.25) is 0 Å². The standard InChI is InChI=1S/C14H15NO4/c1-18-13(17)9-11(14-15-6-7-19-14)8-10-2-4-12(16)5-3-10/h2-7,11,16H,8-9H2,1H3. The van der Waals surface area contributed by atoms with Gasteiger partial charge >= 0.3 is 5.97 Å². The van der Waals surface area contributed by atoms with Crippen molar-refractivity contribution < 1.29 is 19.1 Å². The lowest BCUT2D eigenvalue weighted by Crippen LogP contribution is -2.11. The fraction of sp³-hybridized carbons (Fsp3) is 0.286. The van der Waals surface area contributed by atoms with E-state index in [0.717, 1.165) is 5.56 Å². The number of methoxy groups -OCH3 is 1. The van der Waals surface area contributed by atoms with E-state index in [4.69, 9.17) is 4.42 Å². The number of hydrogen-bond acceptors (Lipinski definition) is 5. The number of phenols is 1. The highest BCUT2D eigenvalue weighted by molar-refractivity contribution is 5.70. The number of oxazole rings is 1. The highest BCUT2D eigenvalue weighted by atomic mass is 16.5. The molecule has 0 bridgehead atoms. The van der Waals surface area contributed by atoms with E-state index in [2.05, 4.69) is 9.72 Å². The van der Waals surface area contributed by atoms with Gasteiger partial charge in [-0.15, -0.1) is 0 Å². The molecule has 0 saturated heterocycles. The number of phenolic OH excluding ortho intramolecular Hbond substituents is 1. The van der Waals surface area contributed by atoms with E-state index in [1.807, 2.05) is 12.1 Å². The number of carbonyl (C=O) groups is 1. The van der Waals surface area contributed by atoms with Crippen LogP contribution in [0.15, 0.2) is 41.1 Å². The van der Waals surface area contributed by atoms with Crippen LogP contribution in [-0.4, -0.2) is 23.2 Å². The number of aromatic nitrogens is 1. The third-order valence-electron chi connectivity index (χ3n) is 2.86. The van der Waals surface area contributed by atoms with Gasteiger partial charge in [0, 0.05) is 0 Å². The van der Waals surface area contributed by atoms with Crippen LogP contribution in [0.3, 0.4) is 0 Å². The minimum absolute atomic E-state index is 0.174. The first kappa shape index (κ1) is 13.1. The number of rotatable bonds is 5. The highest BCUT2D eigenvalue weighted by Gasteiger charge is 2.21. The molecule has 0 aliphatic rings. The van der Waals surface area contributed by atoms with Gasteiger partial charge < -0.3 is 14.3 Å². The zero-order chi connectivity index (χ0) is 13.7. The maximum absolute atomic E-state index is 11.4. The molecule has 1 atom stereocenters. The van der Waals surface area contributed by atoms with Gasteiger partial charge in [0.25, 0.3) is 0 Å². The lowest BCUT2D eigenvalue weighted by molar-refractivity contribution is -0.141. The molecule has 0 spiro atoms. The monoisotopic (exact) mass is 261 g/mol. The van der Waals surface area contributed by atoms with Gasteiger partial charge in [-0.25, -0.2) is 4.98 Å². The molecule has 19 heavy (non-hydrogen) atoms. The van der Waals surface area contributed by atoms with Crippen molar-refractivity contribution >= 4 is 5.97 Å². The zero-order valence-corrected chi connectivity index (χ0v) is 10.6. The minimum Gasteiger partial charge on any atom is -0.508 e. The number of ether oxygens (including phenoxy) is 1. The number of carbonyl (C=O) groups excluding carboxylic acids is 1. The highest BCUT2D eigenvalue weighted by Crippen LogP contribution is 2.24. The number of benzene rings is 1. The minimum atomic E-state index is -0.304. The molecule has 2 aromatic rings. The quantitative estimate of drug-likeness (QED) is 0.836. The zero-order valence-electron chi connectivity index (χ0n) is 10.6. The molecular formula is C14H15NO4. The molecular weight excluding hydrogens is 246 g/mol. The Kier molecular flexibility index (Phi) is 4.18. The van der Waals surface area contributed by atoms with E-state index < -0.39 is 0 Å². The maximum atomic E-state index is 11.4. The summed E-state index contributed by atoms with van der Waals surface area (Å²) in [5, 5.41) is 9.25. The molecule has 0 aliphatic heterocycles. The van der Waals surface area contributed by atoms with Crippen LogP contribution in [0, 0.1) is 0 Å². The van der Waals surface area contributed by atoms with Gasteiger partial charge in [-0.05, 0) is 24.1 Å². The predicted molar refractivity (Wildman–Crippen MR) is 67.7 cm³/mol. The molecule has 1 heterocycles. The van der Waals surface area contributed by atoms with Crippen molar-refractivity contribution in [2.75, 3.05) is 7.11 Å². The van der Waals surface area contributed by atoms with Crippen molar-refractivity contribution in [2.24, 2.45) is 0 Å². The van der Waals surface area contributed by atoms with E-state index in [1.165, 1.54) is 13.4 Å². The Morgan fingerprint density at radius 2 is 2.16 bits per heavy atom. The summed E-state index contributed by atoms with van der Waals surface area (Å²) < 4.78 is 9.96. The smallest absolute Gasteiger partial charge is 0.306 e. The maximum Gasteiger partial charge on any atom is 0.306 e. The largest absolute Gasteiger partial charge is 0.508 e. The normalized spacial score (nSPS) is 12.1. The van der Waals surface area contributed by atoms with Gasteiger partial charge in [-0.3, -0.25) is 4.79 Å². The molecule has 1 N–H and O–H groups in total. The second kappa shape index (κ2) is 6.04. The molecule has 0 radical (unpaired) electrons. The Morgan fingerprint density at radius 3 is 2.74 bits per heavy atom. The second-order valence-corrected chi connectivity index (χ2v) is 4.22. The lowest BCUT2D eigenvalue weighted by atomic mass is 9.96. The van der Waals surface area contributed by atoms with Crippen LogP contribution in [-0.2, 0) is 16.0 Å². The molecule has 2 rings (SSSR count). The number of hydrogen-bond donors (Lipinski definition) is 1. The lowest BCUT2D eigenvalue weighted by Gasteiger charge is -2.12. The number of nitrogens with zero attached hydrogens (tertiary/aromatic N) is 1. The van der Waals surface area contributed by atoms with Crippen molar-refractivity contribution in [1.82, 2.24) is 4.98 Å². The third-order valence-corrected chi connectivity index (χ3v) is 2.86. The van der Waals surface area contributed by atoms with E-state index in [1.54, 1.807) is 18.3 Å². The van der Waals surface area contributed by atoms with Gasteiger partial charge in [-0.2, -0.15) is 0 Å². The van der Waals surface area contributed by atoms with Gasteiger partial charge in [0.1, 0.15) is 12.0 Å². The average molecular weight is 261 g/mol. The first-order valence-electron chi connectivity index (χ1n) is 5.93. The Labute approximate surface area is 110 Å². The molecule has 0 amide bonds. The first-order chi connectivity index (χ1) is 9.19. The van der Waals surface area contributed by atoms with Crippen LogP contribution in [0.25, 0.3) is 0 Å². The molecule has 1 unspecified atom stereocenters. The van der Waals surface area contributed by atoms with E-state index in [9.17, 15) is 9.90 Å². The van der Waals surface area contributed by atoms with Crippen LogP contribution in [0.2, 0.25) is 0 Å². The van der Waals surface area contributed by atoms with E-state index in [-0.39, 0.29) is 24.1 Å². The first-order valence-corrected chi connectivity index (χ1v) is 5.93. The summed E-state index contributed by atoms with van der Waals surface area (Å²) >= 11 is 0. The van der Waals surface area contributed by atoms with Crippen molar-refractivity contribution in [3.8, 4) is 5.75 Å². The van der Waals surface area contributed by atoms with Crippen LogP contribution in [0.5, 0.6) is 5.75 Å². The topological polar surface area (TPSA) is 72.6 Å². The number of aromatic hydroxyl groups is 1. The van der Waals surface area contributed by atoms with Crippen molar-refractivity contribution in [3.63, 3.8) is 0 Å². The summed E-state index contributed by atoms with van der Waals surface area (Å²) in [6.45, 7) is 0. The predicted octanol–water partition coefficient (Wildman–Crippen LogP) is 2.27. The summed E-state index contributed by atoms with van der Waals surface area (Å²) in [7, 11) is 1.36. The van der Waals surface area contributed by atoms with Crippen LogP contribution < -0.4 is 0 Å². The summed E-state index contributed by atoms with van der Waals surface area (Å²) in [6, 6.07) is 6.84. The summed E-state index contributed by atoms with van der Waals surface area (Å²) in [5.74, 6) is 0.247. The third kappa shape index (κ3) is 3.58. The molecule has 0 aliphatic carbocycles. The van der Waals surface area contributed by atoms with Crippen molar-refractivity contribution in [1.29, 1.82) is 0 Å². The Morgan fingerprint density at radius 1 is 1.42 bits per heavy atom. The van der Waals surface area contributed by atoms with E-state index >= 15 is 0 Å². The van der Waals surface area contributed by atoms with Gasteiger partial charge in [0.15, 0.2) is 5.89 Å². The summed E-state index contributed by atoms with van der Waals surface area (Å²) in [4.78, 5) is 15.5. The fourth-order valence-electron chi connectivity index (χ4n) is 1.88. The van der Waals surface area contributed by atoms with Gasteiger partial charge in [0.05, 0.1) is 25.6 Å². The average Bonchev–Trinajstić information content (AvgIpc) is 2.94. The Hall–Kier alpha value is -2.30. The van der Waals surface area contributed by atoms with Crippen LogP contribution >= 0.6 is 0 Å². The van der Waals surface area contributed by atoms with Crippen LogP contribution in [0.1, 0.15) is 23.8 Å². The summed E-state index contributed by atoms with van der Waals surface area (Å²) in [5.41, 5.74) is 0.991. The second-order valence-electron chi connectivity index (χ2n) is 4.22. The molecule has 1 aromatic carbocycles. The van der Waals surface area contributed by atoms with Crippen molar-refractivity contribution in [2.45, 2.75) is 18.8 Å². The Bertz CT molecular complexity index is 519. The molecule has 0 fully saturated rings. The van der Waals surface area contributed by atoms with Crippen LogP contribution in [0.4, 0.5) is 0 Å². The van der Waals surface area contributed by atoms with Gasteiger partial charge in [-0.1, -0.05) is 12.1 Å². The molecule has 100 valence electrons. The molecule has 5 heteroatoms. The van der Waals surface area contributed by atoms with Crippen molar-refractivity contribution in [3.05, 3.63) is 48.2 Å². The SMILES string of the molecule is COC(=O)CC(Cc1ccc(O)cc1)c1ncco1. The molecule has 5 nitrogen and oxygen atoms in total. The van der Waals surface area contributed by atoms with E-state index in [0.29, 0.717) is 12.3 Å². The number of esters is 1. The summed E-state index contributed by atoms with van der Waals surface area (Å²) in [6.07, 6.45) is 3.83. The Balaban J connectivity index is 2.13. The molecule has 1 aromatic heterocycles. The molecule has 0 saturated carbocycles.